The molecule has 1 rings (SSSR count). The van der Waals surface area contributed by atoms with Gasteiger partial charge in [0.1, 0.15) is 0 Å². The number of nitrogens with zero attached hydrogens (tertiary/aromatic N) is 2. The lowest BCUT2D eigenvalue weighted by molar-refractivity contribution is 0.431. The predicted molar refractivity (Wildman–Crippen MR) is 69.7 cm³/mol. The van der Waals surface area contributed by atoms with Crippen LogP contribution < -0.4 is 0 Å². The number of sulfonamides is 1. The molecule has 16 heavy (non-hydrogen) atoms. The first-order valence-corrected chi connectivity index (χ1v) is 8.38. The summed E-state index contributed by atoms with van der Waals surface area (Å²) in [5.74, 6) is 0. The number of hydrogen-bond donors (Lipinski definition) is 0. The maximum atomic E-state index is 12.2. The number of aryl methyl sites for hydroxylation is 1. The second kappa shape index (κ2) is 6.09. The smallest absolute Gasteiger partial charge is 0.249 e. The van der Waals surface area contributed by atoms with E-state index >= 15 is 0 Å². The van der Waals surface area contributed by atoms with Crippen LogP contribution in [0.15, 0.2) is 10.4 Å². The third kappa shape index (κ3) is 3.26. The normalized spacial score (nSPS) is 12.2. The molecule has 0 radical (unpaired) electrons. The lowest BCUT2D eigenvalue weighted by Crippen LogP contribution is -2.33. The maximum absolute atomic E-state index is 12.2. The number of alkyl halides is 1. The van der Waals surface area contributed by atoms with E-state index in [0.29, 0.717) is 22.6 Å². The summed E-state index contributed by atoms with van der Waals surface area (Å²) in [6.45, 7) is 4.81. The molecule has 7 heteroatoms. The van der Waals surface area contributed by atoms with E-state index in [1.807, 2.05) is 6.92 Å². The van der Waals surface area contributed by atoms with Gasteiger partial charge in [-0.15, -0.1) is 11.3 Å². The Morgan fingerprint density at radius 1 is 1.50 bits per heavy atom. The molecule has 0 saturated carbocycles. The molecule has 0 saturated heterocycles. The van der Waals surface area contributed by atoms with E-state index in [9.17, 15) is 8.42 Å². The van der Waals surface area contributed by atoms with Crippen LogP contribution in [-0.4, -0.2) is 36.1 Å². The van der Waals surface area contributed by atoms with Gasteiger partial charge in [0.25, 0.3) is 10.0 Å². The fraction of sp³-hybridized carbons (Fsp3) is 0.667. The molecule has 1 aromatic rings. The minimum absolute atomic E-state index is 0.333. The monoisotopic (exact) mass is 326 g/mol. The van der Waals surface area contributed by atoms with Gasteiger partial charge in [-0.05, 0) is 13.3 Å². The Hall–Kier alpha value is 0.0200. The molecule has 0 aliphatic carbocycles. The molecule has 0 aliphatic heterocycles. The highest BCUT2D eigenvalue weighted by Crippen LogP contribution is 2.22. The fourth-order valence-corrected chi connectivity index (χ4v) is 4.74. The summed E-state index contributed by atoms with van der Waals surface area (Å²) < 4.78 is 26.2. The van der Waals surface area contributed by atoms with E-state index in [2.05, 4.69) is 20.9 Å². The second-order valence-corrected chi connectivity index (χ2v) is 7.48. The molecule has 0 N–H and O–H groups in total. The fourth-order valence-electron chi connectivity index (χ4n) is 1.28. The van der Waals surface area contributed by atoms with Crippen molar-refractivity contribution < 1.29 is 8.42 Å². The number of halogens is 1. The molecule has 0 unspecified atom stereocenters. The number of hydrogen-bond acceptors (Lipinski definition) is 4. The van der Waals surface area contributed by atoms with E-state index in [-0.39, 0.29) is 0 Å². The molecule has 1 aromatic heterocycles. The van der Waals surface area contributed by atoms with Crippen LogP contribution in [0, 0.1) is 6.92 Å². The Morgan fingerprint density at radius 2 is 2.19 bits per heavy atom. The molecular formula is C9H15BrN2O2S2. The van der Waals surface area contributed by atoms with E-state index in [1.165, 1.54) is 21.8 Å². The zero-order valence-corrected chi connectivity index (χ0v) is 12.5. The van der Waals surface area contributed by atoms with Gasteiger partial charge in [-0.1, -0.05) is 22.9 Å². The molecule has 0 atom stereocenters. The van der Waals surface area contributed by atoms with Gasteiger partial charge in [-0.25, -0.2) is 13.4 Å². The minimum atomic E-state index is -3.35. The quantitative estimate of drug-likeness (QED) is 0.753. The number of thiazole rings is 1. The second-order valence-electron chi connectivity index (χ2n) is 3.29. The van der Waals surface area contributed by atoms with Crippen LogP contribution in [0.3, 0.4) is 0 Å². The third-order valence-electron chi connectivity index (χ3n) is 2.00. The summed E-state index contributed by atoms with van der Waals surface area (Å²) in [7, 11) is -3.35. The van der Waals surface area contributed by atoms with Gasteiger partial charge >= 0.3 is 0 Å². The summed E-state index contributed by atoms with van der Waals surface area (Å²) in [5.41, 5.74) is 0. The van der Waals surface area contributed by atoms with Crippen LogP contribution in [0.2, 0.25) is 0 Å². The van der Waals surface area contributed by atoms with Crippen molar-refractivity contribution in [2.24, 2.45) is 0 Å². The Kier molecular flexibility index (Phi) is 5.36. The van der Waals surface area contributed by atoms with Gasteiger partial charge in [0.2, 0.25) is 0 Å². The summed E-state index contributed by atoms with van der Waals surface area (Å²) in [5, 5.41) is 1.41. The molecule has 1 heterocycles. The maximum Gasteiger partial charge on any atom is 0.254 e. The van der Waals surface area contributed by atoms with Crippen molar-refractivity contribution in [1.29, 1.82) is 0 Å². The highest BCUT2D eigenvalue weighted by Gasteiger charge is 2.25. The lowest BCUT2D eigenvalue weighted by Gasteiger charge is -2.19. The summed E-state index contributed by atoms with van der Waals surface area (Å²) in [6.07, 6.45) is 2.25. The van der Waals surface area contributed by atoms with E-state index in [1.54, 1.807) is 6.92 Å². The van der Waals surface area contributed by atoms with E-state index in [4.69, 9.17) is 0 Å². The highest BCUT2D eigenvalue weighted by molar-refractivity contribution is 9.09. The summed E-state index contributed by atoms with van der Waals surface area (Å²) in [4.78, 5) is 3.99. The van der Waals surface area contributed by atoms with E-state index in [0.717, 1.165) is 11.4 Å². The van der Waals surface area contributed by atoms with Crippen molar-refractivity contribution in [3.63, 3.8) is 0 Å². The molecular weight excluding hydrogens is 312 g/mol. The lowest BCUT2D eigenvalue weighted by atomic mass is 10.5. The van der Waals surface area contributed by atoms with Gasteiger partial charge in [-0.2, -0.15) is 4.31 Å². The minimum Gasteiger partial charge on any atom is -0.249 e. The summed E-state index contributed by atoms with van der Waals surface area (Å²) >= 11 is 4.49. The number of aromatic nitrogens is 1. The van der Waals surface area contributed by atoms with Gasteiger partial charge < -0.3 is 0 Å². The molecule has 92 valence electrons. The average Bonchev–Trinajstić information content (AvgIpc) is 2.65. The molecule has 0 fully saturated rings. The van der Waals surface area contributed by atoms with Crippen molar-refractivity contribution in [2.75, 3.05) is 18.4 Å². The predicted octanol–water partition coefficient (Wildman–Crippen LogP) is 2.25. The first-order chi connectivity index (χ1) is 7.52. The van der Waals surface area contributed by atoms with Crippen LogP contribution in [-0.2, 0) is 10.0 Å². The van der Waals surface area contributed by atoms with Gasteiger partial charge in [-0.3, -0.25) is 0 Å². The van der Waals surface area contributed by atoms with Crippen LogP contribution >= 0.6 is 27.3 Å². The first kappa shape index (κ1) is 14.1. The van der Waals surface area contributed by atoms with Crippen molar-refractivity contribution in [1.82, 2.24) is 9.29 Å². The van der Waals surface area contributed by atoms with Crippen molar-refractivity contribution in [3.8, 4) is 0 Å². The molecule has 0 bridgehead atoms. The van der Waals surface area contributed by atoms with Crippen molar-refractivity contribution in [3.05, 3.63) is 11.2 Å². The van der Waals surface area contributed by atoms with Gasteiger partial charge in [0.05, 0.1) is 11.2 Å². The molecule has 0 aromatic carbocycles. The Morgan fingerprint density at radius 3 is 2.62 bits per heavy atom. The number of rotatable bonds is 6. The molecule has 0 aliphatic rings. The Labute approximate surface area is 109 Å². The van der Waals surface area contributed by atoms with Crippen LogP contribution in [0.4, 0.5) is 0 Å². The first-order valence-electron chi connectivity index (χ1n) is 5.01. The SMILES string of the molecule is CCCN(CCBr)S(=O)(=O)c1cnc(C)s1. The summed E-state index contributed by atoms with van der Waals surface area (Å²) in [6, 6.07) is 0. The van der Waals surface area contributed by atoms with E-state index < -0.39 is 10.0 Å². The average molecular weight is 327 g/mol. The van der Waals surface area contributed by atoms with Gasteiger partial charge in [0, 0.05) is 18.4 Å². The van der Waals surface area contributed by atoms with Crippen LogP contribution in [0.25, 0.3) is 0 Å². The topological polar surface area (TPSA) is 50.3 Å². The van der Waals surface area contributed by atoms with Crippen LogP contribution in [0.5, 0.6) is 0 Å². The zero-order valence-electron chi connectivity index (χ0n) is 9.31. The van der Waals surface area contributed by atoms with Crippen molar-refractivity contribution >= 4 is 37.3 Å². The zero-order chi connectivity index (χ0) is 12.2. The largest absolute Gasteiger partial charge is 0.254 e. The highest BCUT2D eigenvalue weighted by atomic mass is 79.9. The Bertz CT molecular complexity index is 424. The molecule has 0 spiro atoms. The molecule has 0 amide bonds. The van der Waals surface area contributed by atoms with Gasteiger partial charge in [0.15, 0.2) is 4.21 Å². The molecule has 4 nitrogen and oxygen atoms in total. The van der Waals surface area contributed by atoms with Crippen LogP contribution in [0.1, 0.15) is 18.4 Å². The third-order valence-corrected chi connectivity index (χ3v) is 5.60. The standard InChI is InChI=1S/C9H15BrN2O2S2/c1-3-5-12(6-4-10)16(13,14)9-7-11-8(2)15-9/h7H,3-6H2,1-2H3. The van der Waals surface area contributed by atoms with Crippen molar-refractivity contribution in [2.45, 2.75) is 24.5 Å². The Balaban J connectivity index is 2.97.